The van der Waals surface area contributed by atoms with Gasteiger partial charge in [-0.1, -0.05) is 64.5 Å². The van der Waals surface area contributed by atoms with Crippen LogP contribution in [0, 0.1) is 40.4 Å². The van der Waals surface area contributed by atoms with Gasteiger partial charge in [-0.15, -0.1) is 0 Å². The number of carbonyl (C=O) groups excluding carboxylic acids is 3. The van der Waals surface area contributed by atoms with E-state index in [2.05, 4.69) is 0 Å². The Hall–Kier alpha value is -1.83. The molecule has 6 aliphatic rings. The molecule has 0 unspecified atom stereocenters. The summed E-state index contributed by atoms with van der Waals surface area (Å²) in [7, 11) is 0. The quantitative estimate of drug-likeness (QED) is 0.389. The van der Waals surface area contributed by atoms with Gasteiger partial charge in [0, 0.05) is 41.4 Å². The molecule has 39 heavy (non-hydrogen) atoms. The third-order valence-electron chi connectivity index (χ3n) is 10.5. The van der Waals surface area contributed by atoms with E-state index in [9.17, 15) is 19.5 Å². The van der Waals surface area contributed by atoms with E-state index in [1.54, 1.807) is 13.8 Å². The third kappa shape index (κ3) is 3.97. The van der Waals surface area contributed by atoms with Crippen LogP contribution in [0.4, 0.5) is 0 Å². The number of hydrogen-bond donors (Lipinski definition) is 1. The van der Waals surface area contributed by atoms with E-state index in [0.29, 0.717) is 12.8 Å². The van der Waals surface area contributed by atoms with Crippen molar-refractivity contribution in [1.29, 1.82) is 0 Å². The van der Waals surface area contributed by atoms with Crippen molar-refractivity contribution in [3.05, 3.63) is 23.8 Å². The van der Waals surface area contributed by atoms with Crippen LogP contribution in [0.5, 0.6) is 0 Å². The molecule has 0 aromatic rings. The number of Topliss-reactive ketones (excluding diaryl/α,β-unsaturated/α-hetero) is 1. The number of esters is 1. The molecule has 0 radical (unpaired) electrons. The van der Waals surface area contributed by atoms with Crippen molar-refractivity contribution in [2.45, 2.75) is 109 Å². The number of ketones is 2. The van der Waals surface area contributed by atoms with Crippen LogP contribution in [0.15, 0.2) is 23.8 Å². The molecule has 0 spiro atoms. The first-order valence-electron chi connectivity index (χ1n) is 20.4. The maximum Gasteiger partial charge on any atom is 0.308 e. The molecule has 0 aromatic carbocycles. The van der Waals surface area contributed by atoms with Crippen LogP contribution in [0.2, 0.25) is 0 Å². The Morgan fingerprint density at radius 1 is 1.33 bits per heavy atom. The first-order chi connectivity index (χ1) is 23.6. The highest BCUT2D eigenvalue weighted by Gasteiger charge is 2.76. The Morgan fingerprint density at radius 2 is 2.10 bits per heavy atom. The summed E-state index contributed by atoms with van der Waals surface area (Å²) in [5.74, 6) is -11.3. The summed E-state index contributed by atoms with van der Waals surface area (Å²) >= 11 is 0. The lowest BCUT2D eigenvalue weighted by molar-refractivity contribution is -0.208. The van der Waals surface area contributed by atoms with E-state index in [1.165, 1.54) is 6.08 Å². The van der Waals surface area contributed by atoms with Crippen molar-refractivity contribution in [3.8, 4) is 0 Å². The molecule has 7 heteroatoms. The topological polar surface area (TPSA) is 99.1 Å². The van der Waals surface area contributed by atoms with Crippen molar-refractivity contribution in [2.24, 2.45) is 40.4 Å². The van der Waals surface area contributed by atoms with Crippen LogP contribution in [0.1, 0.15) is 103 Å². The van der Waals surface area contributed by atoms with Crippen molar-refractivity contribution < 1.29 is 51.5 Å². The monoisotopic (exact) mass is 553 g/mol. The molecule has 1 N–H and O–H groups in total. The number of aliphatic hydroxyl groups is 1. The average Bonchev–Trinajstić information content (AvgIpc) is 3.50. The highest BCUT2D eigenvalue weighted by molar-refractivity contribution is 5.94. The fraction of sp³-hybridized carbons (Fsp3) is 0.781. The van der Waals surface area contributed by atoms with Gasteiger partial charge in [0.05, 0.1) is 23.6 Å². The van der Waals surface area contributed by atoms with Crippen LogP contribution in [0.25, 0.3) is 0 Å². The number of hydrogen-bond acceptors (Lipinski definition) is 7. The van der Waals surface area contributed by atoms with E-state index in [4.69, 9.17) is 32.0 Å². The van der Waals surface area contributed by atoms with Crippen LogP contribution in [-0.4, -0.2) is 53.3 Å². The molecular weight excluding hydrogens is 496 g/mol. The Balaban J connectivity index is 1.45. The number of ether oxygens (including phenoxy) is 3. The minimum absolute atomic E-state index is 0.0261. The molecule has 6 rings (SSSR count). The average molecular weight is 554 g/mol. The number of rotatable bonds is 5. The van der Waals surface area contributed by atoms with Gasteiger partial charge in [0.1, 0.15) is 0 Å². The molecule has 1 aliphatic heterocycles. The number of aliphatic hydroxyl groups excluding tert-OH is 1. The van der Waals surface area contributed by atoms with E-state index in [0.717, 1.165) is 19.3 Å². The first kappa shape index (κ1) is 16.0. The molecule has 0 aromatic heterocycles. The standard InChI is InChI=1S/C32H44O7/c1-18(2)28(36)37-17-25(35)32-26(38-29(39-32)19-8-6-5-7-9-19)15-23-22-11-10-20-14-21(33)12-13-30(20,3)27(22)24(34)16-31(23,32)4/h10,12-13,18-19,22-24,26-27,29,34H,5-9,11,14-17H2,1-4H3/t22-,23-,24-,26+,27+,29+,30-,31-,32+/m0/s1/i1D3,2D3,10D,12D,14D2,17D2,18D. The Bertz CT molecular complexity index is 1600. The van der Waals surface area contributed by atoms with E-state index in [1.807, 2.05) is 0 Å². The summed E-state index contributed by atoms with van der Waals surface area (Å²) < 4.78 is 124. The second kappa shape index (κ2) is 9.63. The zero-order chi connectivity index (χ0) is 39.0. The molecule has 1 heterocycles. The van der Waals surface area contributed by atoms with Crippen molar-refractivity contribution in [1.82, 2.24) is 0 Å². The number of fused-ring (bicyclic) bond motifs is 7. The van der Waals surface area contributed by atoms with Crippen molar-refractivity contribution >= 4 is 17.5 Å². The molecule has 3 saturated carbocycles. The lowest BCUT2D eigenvalue weighted by atomic mass is 9.47. The minimum Gasteiger partial charge on any atom is -0.457 e. The van der Waals surface area contributed by atoms with Gasteiger partial charge in [-0.05, 0) is 50.0 Å². The highest BCUT2D eigenvalue weighted by atomic mass is 16.7. The van der Waals surface area contributed by atoms with Crippen LogP contribution >= 0.6 is 0 Å². The number of carbonyl (C=O) groups is 3. The minimum atomic E-state index is -3.96. The summed E-state index contributed by atoms with van der Waals surface area (Å²) in [6.07, 6.45) is -1.39. The van der Waals surface area contributed by atoms with Gasteiger partial charge in [0.15, 0.2) is 24.2 Å². The van der Waals surface area contributed by atoms with Crippen molar-refractivity contribution in [2.75, 3.05) is 6.56 Å². The molecule has 4 fully saturated rings. The molecule has 7 nitrogen and oxygen atoms in total. The second-order valence-corrected chi connectivity index (χ2v) is 12.4. The number of allylic oxidation sites excluding steroid dienone is 4. The van der Waals surface area contributed by atoms with Crippen LogP contribution in [0.3, 0.4) is 0 Å². The van der Waals surface area contributed by atoms with E-state index < -0.39 is 109 Å². The predicted octanol–water partition coefficient (Wildman–Crippen LogP) is 4.70. The predicted molar refractivity (Wildman–Crippen MR) is 143 cm³/mol. The fourth-order valence-electron chi connectivity index (χ4n) is 8.78. The van der Waals surface area contributed by atoms with E-state index >= 15 is 0 Å². The zero-order valence-corrected chi connectivity index (χ0v) is 22.2. The zero-order valence-electron chi connectivity index (χ0n) is 35.2. The van der Waals surface area contributed by atoms with Gasteiger partial charge in [0.2, 0.25) is 5.78 Å². The first-order valence-corrected chi connectivity index (χ1v) is 13.9. The Morgan fingerprint density at radius 3 is 2.85 bits per heavy atom. The Kier molecular flexibility index (Phi) is 3.94. The largest absolute Gasteiger partial charge is 0.457 e. The summed E-state index contributed by atoms with van der Waals surface area (Å²) in [6.45, 7) is -8.21. The van der Waals surface area contributed by atoms with Gasteiger partial charge in [-0.3, -0.25) is 14.4 Å². The molecule has 1 saturated heterocycles. The molecule has 0 amide bonds. The molecule has 0 bridgehead atoms. The fourth-order valence-corrected chi connectivity index (χ4v) is 8.78. The highest BCUT2D eigenvalue weighted by Crippen LogP contribution is 2.69. The van der Waals surface area contributed by atoms with E-state index in [-0.39, 0.29) is 36.8 Å². The van der Waals surface area contributed by atoms with Crippen molar-refractivity contribution in [3.63, 3.8) is 0 Å². The summed E-state index contributed by atoms with van der Waals surface area (Å²) in [5.41, 5.74) is -5.41. The smallest absolute Gasteiger partial charge is 0.308 e. The summed E-state index contributed by atoms with van der Waals surface area (Å²) in [6, 6.07) is -0.802. The van der Waals surface area contributed by atoms with Gasteiger partial charge in [0.25, 0.3) is 0 Å². The van der Waals surface area contributed by atoms with Gasteiger partial charge < -0.3 is 19.3 Å². The maximum absolute atomic E-state index is 14.9. The second-order valence-electron chi connectivity index (χ2n) is 12.4. The lowest BCUT2D eigenvalue weighted by Gasteiger charge is -2.59. The van der Waals surface area contributed by atoms with Crippen LogP contribution in [-0.2, 0) is 28.6 Å². The summed E-state index contributed by atoms with van der Waals surface area (Å²) in [4.78, 5) is 40.9. The Labute approximate surface area is 250 Å². The summed E-state index contributed by atoms with van der Waals surface area (Å²) in [5, 5.41) is 12.1. The van der Waals surface area contributed by atoms with Crippen LogP contribution < -0.4 is 0 Å². The molecule has 9 atom stereocenters. The SMILES string of the molecule is [2H]C1=C[C@@]2(C)C(=C([2H])C[C@@H]3[C@@H]2[C@@H](O)C[C@@]2(C)[C@H]3C[C@H]3O[C@@H](C4CCCCC4)O[C@]32C(=O)C([2H])([2H])OC(=O)C([2H])(C([2H])([2H])[2H])C([2H])([2H])[2H])C([2H])([2H])C1=O. The lowest BCUT2D eigenvalue weighted by Crippen LogP contribution is -2.63. The van der Waals surface area contributed by atoms with Gasteiger partial charge in [-0.25, -0.2) is 0 Å². The molecule has 5 aliphatic carbocycles. The molecular formula is C32H44O7. The third-order valence-corrected chi connectivity index (χ3v) is 10.5. The van der Waals surface area contributed by atoms with Gasteiger partial charge >= 0.3 is 5.97 Å². The maximum atomic E-state index is 14.9. The molecule has 214 valence electrons. The normalized spacial score (nSPS) is 53.3. The van der Waals surface area contributed by atoms with Gasteiger partial charge in [-0.2, -0.15) is 0 Å².